The van der Waals surface area contributed by atoms with Crippen LogP contribution in [0, 0.1) is 0 Å². The van der Waals surface area contributed by atoms with Crippen molar-refractivity contribution in [2.75, 3.05) is 13.2 Å². The second kappa shape index (κ2) is 6.57. The number of ether oxygens (including phenoxy) is 1. The quantitative estimate of drug-likeness (QED) is 0.927. The van der Waals surface area contributed by atoms with Crippen molar-refractivity contribution in [2.24, 2.45) is 0 Å². The molecule has 3 rings (SSSR count). The summed E-state index contributed by atoms with van der Waals surface area (Å²) in [7, 11) is 0. The van der Waals surface area contributed by atoms with Gasteiger partial charge in [-0.25, -0.2) is 0 Å². The molecule has 1 fully saturated rings. The molecular formula is C15H17ClN2OS. The third kappa shape index (κ3) is 3.32. The third-order valence-corrected chi connectivity index (χ3v) is 4.68. The van der Waals surface area contributed by atoms with Crippen molar-refractivity contribution in [2.45, 2.75) is 25.3 Å². The molecule has 1 aliphatic heterocycles. The molecule has 0 saturated carbocycles. The Labute approximate surface area is 127 Å². The highest BCUT2D eigenvalue weighted by molar-refractivity contribution is 7.15. The molecule has 0 bridgehead atoms. The topological polar surface area (TPSA) is 34.1 Å². The maximum Gasteiger partial charge on any atom is 0.138 e. The molecule has 0 amide bonds. The van der Waals surface area contributed by atoms with Crippen LogP contribution in [0.3, 0.4) is 0 Å². The van der Waals surface area contributed by atoms with E-state index in [9.17, 15) is 0 Å². The van der Waals surface area contributed by atoms with Crippen LogP contribution in [0.4, 0.5) is 0 Å². The first-order valence-corrected chi connectivity index (χ1v) is 8.13. The zero-order chi connectivity index (χ0) is 13.8. The van der Waals surface area contributed by atoms with Gasteiger partial charge < -0.3 is 10.1 Å². The molecule has 106 valence electrons. The highest BCUT2D eigenvalue weighted by Gasteiger charge is 2.13. The average Bonchev–Trinajstić information content (AvgIpc) is 2.93. The molecule has 0 aliphatic carbocycles. The van der Waals surface area contributed by atoms with Crippen molar-refractivity contribution >= 4 is 22.9 Å². The molecule has 3 heterocycles. The van der Waals surface area contributed by atoms with Gasteiger partial charge in [-0.2, -0.15) is 0 Å². The Kier molecular flexibility index (Phi) is 4.55. The van der Waals surface area contributed by atoms with Gasteiger partial charge in [0.2, 0.25) is 0 Å². The molecule has 5 heteroatoms. The lowest BCUT2D eigenvalue weighted by Crippen LogP contribution is -2.38. The van der Waals surface area contributed by atoms with E-state index >= 15 is 0 Å². The van der Waals surface area contributed by atoms with Crippen LogP contribution in [0.5, 0.6) is 5.75 Å². The van der Waals surface area contributed by atoms with Crippen molar-refractivity contribution in [3.8, 4) is 16.9 Å². The predicted octanol–water partition coefficient (Wildman–Crippen LogP) is 3.98. The molecule has 20 heavy (non-hydrogen) atoms. The van der Waals surface area contributed by atoms with Crippen LogP contribution in [-0.4, -0.2) is 24.2 Å². The molecule has 0 spiro atoms. The summed E-state index contributed by atoms with van der Waals surface area (Å²) in [5.41, 5.74) is 2.02. The van der Waals surface area contributed by atoms with Gasteiger partial charge in [-0.05, 0) is 36.9 Å². The van der Waals surface area contributed by atoms with Gasteiger partial charge in [0.1, 0.15) is 16.7 Å². The number of rotatable bonds is 4. The second-order valence-corrected chi connectivity index (χ2v) is 6.49. The van der Waals surface area contributed by atoms with E-state index < -0.39 is 0 Å². The van der Waals surface area contributed by atoms with E-state index in [4.69, 9.17) is 16.3 Å². The van der Waals surface area contributed by atoms with E-state index in [2.05, 4.69) is 10.3 Å². The molecule has 0 unspecified atom stereocenters. The fourth-order valence-electron chi connectivity index (χ4n) is 2.41. The highest BCUT2D eigenvalue weighted by Crippen LogP contribution is 2.33. The van der Waals surface area contributed by atoms with Gasteiger partial charge in [0, 0.05) is 23.4 Å². The number of aromatic nitrogens is 1. The number of hydrogen-bond acceptors (Lipinski definition) is 4. The average molecular weight is 309 g/mol. The summed E-state index contributed by atoms with van der Waals surface area (Å²) in [5.74, 6) is 0.803. The van der Waals surface area contributed by atoms with Gasteiger partial charge in [-0.3, -0.25) is 4.98 Å². The van der Waals surface area contributed by atoms with Gasteiger partial charge in [0.25, 0.3) is 0 Å². The molecule has 0 radical (unpaired) electrons. The standard InChI is InChI=1S/C15H17ClN2OS/c16-15-14(4-6-20-15)11-7-13(9-17-8-11)19-10-12-3-1-2-5-18-12/h4,6-9,12,18H,1-3,5,10H2/t12-/m1/s1. The summed E-state index contributed by atoms with van der Waals surface area (Å²) in [6.07, 6.45) is 7.31. The van der Waals surface area contributed by atoms with Crippen molar-refractivity contribution in [1.82, 2.24) is 10.3 Å². The molecule has 0 aromatic carbocycles. The minimum absolute atomic E-state index is 0.456. The van der Waals surface area contributed by atoms with Crippen LogP contribution < -0.4 is 10.1 Å². The van der Waals surface area contributed by atoms with E-state index in [-0.39, 0.29) is 0 Å². The lowest BCUT2D eigenvalue weighted by Gasteiger charge is -2.23. The number of nitrogens with zero attached hydrogens (tertiary/aromatic N) is 1. The van der Waals surface area contributed by atoms with E-state index in [0.717, 1.165) is 27.8 Å². The van der Waals surface area contributed by atoms with Crippen LogP contribution in [0.25, 0.3) is 11.1 Å². The van der Waals surface area contributed by atoms with Gasteiger partial charge in [0.05, 0.1) is 6.20 Å². The number of hydrogen-bond donors (Lipinski definition) is 1. The summed E-state index contributed by atoms with van der Waals surface area (Å²) in [5, 5.41) is 5.46. The first kappa shape index (κ1) is 13.9. The fourth-order valence-corrected chi connectivity index (χ4v) is 3.37. The Morgan fingerprint density at radius 2 is 2.35 bits per heavy atom. The Balaban J connectivity index is 1.67. The van der Waals surface area contributed by atoms with Gasteiger partial charge in [-0.15, -0.1) is 11.3 Å². The number of piperidine rings is 1. The molecule has 1 aliphatic rings. The smallest absolute Gasteiger partial charge is 0.138 e. The molecule has 1 saturated heterocycles. The molecular weight excluding hydrogens is 292 g/mol. The number of nitrogens with one attached hydrogen (secondary N) is 1. The normalized spacial score (nSPS) is 18.9. The predicted molar refractivity (Wildman–Crippen MR) is 83.7 cm³/mol. The van der Waals surface area contributed by atoms with Crippen molar-refractivity contribution in [3.05, 3.63) is 34.2 Å². The zero-order valence-electron chi connectivity index (χ0n) is 11.1. The summed E-state index contributed by atoms with van der Waals surface area (Å²) in [6, 6.07) is 4.47. The van der Waals surface area contributed by atoms with Gasteiger partial charge in [-0.1, -0.05) is 18.0 Å². The summed E-state index contributed by atoms with van der Waals surface area (Å²) < 4.78 is 6.65. The highest BCUT2D eigenvalue weighted by atomic mass is 35.5. The maximum absolute atomic E-state index is 6.17. The minimum atomic E-state index is 0.456. The molecule has 1 atom stereocenters. The Hall–Kier alpha value is -1.10. The SMILES string of the molecule is Clc1sccc1-c1cncc(OC[C@H]2CCCCN2)c1. The van der Waals surface area contributed by atoms with Crippen LogP contribution in [0.1, 0.15) is 19.3 Å². The fraction of sp³-hybridized carbons (Fsp3) is 0.400. The van der Waals surface area contributed by atoms with Crippen molar-refractivity contribution in [3.63, 3.8) is 0 Å². The number of thiophene rings is 1. The summed E-state index contributed by atoms with van der Waals surface area (Å²) in [6.45, 7) is 1.79. The van der Waals surface area contributed by atoms with E-state index in [1.807, 2.05) is 23.7 Å². The Bertz CT molecular complexity index is 567. The third-order valence-electron chi connectivity index (χ3n) is 3.51. The lowest BCUT2D eigenvalue weighted by atomic mass is 10.1. The minimum Gasteiger partial charge on any atom is -0.490 e. The van der Waals surface area contributed by atoms with Gasteiger partial charge >= 0.3 is 0 Å². The van der Waals surface area contributed by atoms with Gasteiger partial charge in [0.15, 0.2) is 0 Å². The van der Waals surface area contributed by atoms with E-state index in [0.29, 0.717) is 12.6 Å². The summed E-state index contributed by atoms with van der Waals surface area (Å²) in [4.78, 5) is 4.25. The van der Waals surface area contributed by atoms with Crippen molar-refractivity contribution in [1.29, 1.82) is 0 Å². The van der Waals surface area contributed by atoms with E-state index in [1.165, 1.54) is 30.6 Å². The van der Waals surface area contributed by atoms with Crippen LogP contribution in [-0.2, 0) is 0 Å². The van der Waals surface area contributed by atoms with E-state index in [1.54, 1.807) is 6.20 Å². The largest absolute Gasteiger partial charge is 0.490 e. The van der Waals surface area contributed by atoms with Crippen LogP contribution >= 0.6 is 22.9 Å². The number of halogens is 1. The first-order chi connectivity index (χ1) is 9.83. The van der Waals surface area contributed by atoms with Crippen molar-refractivity contribution < 1.29 is 4.74 Å². The van der Waals surface area contributed by atoms with Crippen LogP contribution in [0.2, 0.25) is 4.34 Å². The summed E-state index contributed by atoms with van der Waals surface area (Å²) >= 11 is 7.69. The lowest BCUT2D eigenvalue weighted by molar-refractivity contribution is 0.238. The Morgan fingerprint density at radius 1 is 1.40 bits per heavy atom. The molecule has 3 nitrogen and oxygen atoms in total. The zero-order valence-corrected chi connectivity index (χ0v) is 12.7. The van der Waals surface area contributed by atoms with Crippen LogP contribution in [0.15, 0.2) is 29.9 Å². The molecule has 1 N–H and O–H groups in total. The maximum atomic E-state index is 6.17. The first-order valence-electron chi connectivity index (χ1n) is 6.87. The molecule has 2 aromatic rings. The number of pyridine rings is 1. The molecule has 2 aromatic heterocycles. The monoisotopic (exact) mass is 308 g/mol. The second-order valence-electron chi connectivity index (χ2n) is 4.98. The Morgan fingerprint density at radius 3 is 3.10 bits per heavy atom.